The smallest absolute Gasteiger partial charge is 0.125 e. The predicted molar refractivity (Wildman–Crippen MR) is 72.6 cm³/mol. The molecule has 1 aromatic carbocycles. The van der Waals surface area contributed by atoms with Crippen LogP contribution >= 0.6 is 0 Å². The minimum Gasteiger partial charge on any atom is -0.513 e. The molecule has 3 nitrogen and oxygen atoms in total. The fourth-order valence-corrected chi connectivity index (χ4v) is 6.12. The Hall–Kier alpha value is -0.216. The summed E-state index contributed by atoms with van der Waals surface area (Å²) in [6.07, 6.45) is 5.85. The molecule has 2 N–H and O–H groups in total. The van der Waals surface area contributed by atoms with Gasteiger partial charge in [-0.25, -0.2) is 0 Å². The van der Waals surface area contributed by atoms with Crippen LogP contribution in [0.25, 0.3) is 0 Å². The van der Waals surface area contributed by atoms with E-state index in [1.54, 1.807) is 0 Å². The van der Waals surface area contributed by atoms with Gasteiger partial charge >= 0.3 is 0 Å². The van der Waals surface area contributed by atoms with Crippen molar-refractivity contribution < 1.29 is 42.6 Å². The van der Waals surface area contributed by atoms with E-state index in [-0.39, 0.29) is 49.6 Å². The maximum absolute atomic E-state index is 10.5. The number of hydrogen-bond acceptors (Lipinski definition) is 3. The van der Waals surface area contributed by atoms with E-state index in [4.69, 9.17) is 4.74 Å². The number of rotatable bonds is 0. The number of ether oxygens (including phenoxy) is 1. The predicted octanol–water partition coefficient (Wildman–Crippen LogP) is 0.948. The first-order valence-electron chi connectivity index (χ1n) is 7.56. The third-order valence-corrected chi connectivity index (χ3v) is 6.53. The largest absolute Gasteiger partial charge is 0.513 e. The summed E-state index contributed by atoms with van der Waals surface area (Å²) in [4.78, 5) is 0. The molecule has 6 atom stereocenters. The first-order chi connectivity index (χ1) is 9.75. The average molecular weight is 355 g/mol. The van der Waals surface area contributed by atoms with Crippen molar-refractivity contribution in [2.75, 3.05) is 6.54 Å². The molecule has 0 aromatic heterocycles. The molecule has 0 amide bonds. The van der Waals surface area contributed by atoms with Crippen molar-refractivity contribution in [1.29, 1.82) is 0 Å². The normalized spacial score (nSPS) is 49.6. The summed E-state index contributed by atoms with van der Waals surface area (Å²) < 4.78 is 6.17. The number of hydrogen-bond donors (Lipinski definition) is 2. The number of benzene rings is 1. The summed E-state index contributed by atoms with van der Waals surface area (Å²) in [5.74, 6) is 1.48. The minimum atomic E-state index is -0.493. The van der Waals surface area contributed by atoms with E-state index < -0.39 is 6.10 Å². The van der Waals surface area contributed by atoms with Crippen molar-refractivity contribution >= 4 is 0 Å². The Bertz CT molecular complexity index is 689. The van der Waals surface area contributed by atoms with Crippen molar-refractivity contribution in [2.45, 2.75) is 36.5 Å². The van der Waals surface area contributed by atoms with Crippen LogP contribution in [0.15, 0.2) is 24.3 Å². The first-order valence-corrected chi connectivity index (χ1v) is 7.56. The monoisotopic (exact) mass is 355 g/mol. The number of nitrogens with one attached hydrogen (secondary N) is 1. The van der Waals surface area contributed by atoms with Crippen molar-refractivity contribution in [3.8, 4) is 5.75 Å². The number of aliphatic hydroxyl groups is 1. The van der Waals surface area contributed by atoms with Crippen LogP contribution in [0.3, 0.4) is 0 Å². The molecule has 1 saturated carbocycles. The Morgan fingerprint density at radius 3 is 3.24 bits per heavy atom. The molecule has 21 heavy (non-hydrogen) atoms. The molecule has 2 bridgehead atoms. The molecular weight excluding hydrogens is 339 g/mol. The van der Waals surface area contributed by atoms with Crippen LogP contribution in [0.5, 0.6) is 5.75 Å². The molecule has 4 aliphatic carbocycles. The van der Waals surface area contributed by atoms with E-state index in [0.29, 0.717) is 12.0 Å². The second-order valence-electron chi connectivity index (χ2n) is 7.21. The SMILES string of the molecule is OC1C=CC23CNC4Cc5cc[c-]c6c5C(C2)(C1O6)C43.[Y]. The fraction of sp³-hybridized carbons (Fsp3) is 0.529. The van der Waals surface area contributed by atoms with Gasteiger partial charge in [-0.05, 0) is 24.2 Å². The molecule has 6 unspecified atom stereocenters. The van der Waals surface area contributed by atoms with E-state index in [1.165, 1.54) is 11.1 Å². The van der Waals surface area contributed by atoms with Gasteiger partial charge in [-0.3, -0.25) is 0 Å². The summed E-state index contributed by atoms with van der Waals surface area (Å²) in [5.41, 5.74) is 3.05. The molecule has 1 aromatic rings. The van der Waals surface area contributed by atoms with Gasteiger partial charge in [-0.1, -0.05) is 12.2 Å². The molecule has 1 radical (unpaired) electrons. The van der Waals surface area contributed by atoms with Crippen LogP contribution in [0, 0.1) is 17.4 Å². The summed E-state index contributed by atoms with van der Waals surface area (Å²) in [5, 5.41) is 14.3. The minimum absolute atomic E-state index is 0. The Morgan fingerprint density at radius 2 is 2.33 bits per heavy atom. The first kappa shape index (κ1) is 13.2. The third kappa shape index (κ3) is 1.21. The topological polar surface area (TPSA) is 41.5 Å². The number of aliphatic hydroxyl groups excluding tert-OH is 1. The zero-order valence-corrected chi connectivity index (χ0v) is 14.5. The van der Waals surface area contributed by atoms with Gasteiger partial charge in [0.25, 0.3) is 0 Å². The van der Waals surface area contributed by atoms with Crippen molar-refractivity contribution in [3.05, 3.63) is 41.5 Å². The van der Waals surface area contributed by atoms with Gasteiger partial charge in [0, 0.05) is 56.5 Å². The molecule has 105 valence electrons. The van der Waals surface area contributed by atoms with Crippen LogP contribution in [-0.2, 0) is 44.5 Å². The van der Waals surface area contributed by atoms with Crippen molar-refractivity contribution in [1.82, 2.24) is 5.32 Å². The molecule has 2 fully saturated rings. The van der Waals surface area contributed by atoms with Crippen molar-refractivity contribution in [2.24, 2.45) is 11.3 Å². The zero-order chi connectivity index (χ0) is 13.1. The fourth-order valence-electron chi connectivity index (χ4n) is 6.12. The second-order valence-corrected chi connectivity index (χ2v) is 7.21. The quantitative estimate of drug-likeness (QED) is 0.538. The van der Waals surface area contributed by atoms with Gasteiger partial charge in [0.2, 0.25) is 0 Å². The van der Waals surface area contributed by atoms with Gasteiger partial charge < -0.3 is 15.2 Å². The zero-order valence-electron chi connectivity index (χ0n) is 11.7. The summed E-state index contributed by atoms with van der Waals surface area (Å²) in [6, 6.07) is 7.96. The molecule has 7 rings (SSSR count). The Morgan fingerprint density at radius 1 is 1.43 bits per heavy atom. The Balaban J connectivity index is 0.00000104. The molecule has 2 heterocycles. The van der Waals surface area contributed by atoms with Gasteiger partial charge in [0.1, 0.15) is 12.2 Å². The van der Waals surface area contributed by atoms with E-state index in [1.807, 2.05) is 12.1 Å². The second kappa shape index (κ2) is 3.81. The van der Waals surface area contributed by atoms with Gasteiger partial charge in [-0.15, -0.1) is 17.2 Å². The summed E-state index contributed by atoms with van der Waals surface area (Å²) >= 11 is 0. The van der Waals surface area contributed by atoms with Crippen LogP contribution < -0.4 is 10.1 Å². The van der Waals surface area contributed by atoms with E-state index in [9.17, 15) is 5.11 Å². The summed E-state index contributed by atoms with van der Waals surface area (Å²) in [6.45, 7) is 1.05. The average Bonchev–Trinajstić information content (AvgIpc) is 2.87. The molecule has 2 spiro atoms. The summed E-state index contributed by atoms with van der Waals surface area (Å²) in [7, 11) is 0. The Kier molecular flexibility index (Phi) is 2.40. The maximum Gasteiger partial charge on any atom is 0.125 e. The standard InChI is InChI=1S/C17H16NO2.Y/c19-11-4-5-16-7-17-13-9(6-10(14(16)17)18-8-16)2-1-3-12(13)20-15(11)17;/h1-2,4-5,10-11,14-15,18-19H,6-8H2;/q-1;. The molecule has 1 saturated heterocycles. The molecule has 6 aliphatic rings. The van der Waals surface area contributed by atoms with E-state index in [2.05, 4.69) is 23.5 Å². The van der Waals surface area contributed by atoms with Crippen LogP contribution in [0.2, 0.25) is 0 Å². The van der Waals surface area contributed by atoms with Crippen LogP contribution in [-0.4, -0.2) is 29.9 Å². The van der Waals surface area contributed by atoms with E-state index in [0.717, 1.165) is 25.1 Å². The molecular formula is C17H16NO2Y-. The van der Waals surface area contributed by atoms with Crippen molar-refractivity contribution in [3.63, 3.8) is 0 Å². The van der Waals surface area contributed by atoms with Gasteiger partial charge in [-0.2, -0.15) is 12.1 Å². The van der Waals surface area contributed by atoms with Gasteiger partial charge in [0.05, 0.1) is 0 Å². The van der Waals surface area contributed by atoms with E-state index >= 15 is 0 Å². The third-order valence-electron chi connectivity index (χ3n) is 6.53. The Labute approximate surface area is 149 Å². The molecule has 4 heteroatoms. The van der Waals surface area contributed by atoms with Crippen LogP contribution in [0.1, 0.15) is 17.5 Å². The van der Waals surface area contributed by atoms with Gasteiger partial charge in [0.15, 0.2) is 0 Å². The van der Waals surface area contributed by atoms with Crippen LogP contribution in [0.4, 0.5) is 0 Å². The number of fused-ring (bicyclic) bond motifs is 1. The maximum atomic E-state index is 10.5. The molecule has 2 aliphatic heterocycles.